The molecule has 0 N–H and O–H groups in total. The molecule has 0 spiro atoms. The molecule has 3 unspecified atom stereocenters. The van der Waals surface area contributed by atoms with Gasteiger partial charge in [0, 0.05) is 0 Å². The molecule has 4 aromatic rings. The van der Waals surface area contributed by atoms with Crippen molar-refractivity contribution in [2.75, 3.05) is 0 Å². The molecule has 0 aromatic heterocycles. The Morgan fingerprint density at radius 3 is 1.04 bits per heavy atom. The molecule has 4 atom stereocenters. The summed E-state index contributed by atoms with van der Waals surface area (Å²) in [7, 11) is -0.518. The Bertz CT molecular complexity index is 1130. The second kappa shape index (κ2) is 5.43. The van der Waals surface area contributed by atoms with Gasteiger partial charge in [0.1, 0.15) is 0 Å². The SMILES string of the molecule is c1cc2ccc1-c1ccc(cc1)P1c3ccc(cc3)C3C2[C@H]3c2ccc1cc2. The zero-order chi connectivity index (χ0) is 18.2. The van der Waals surface area contributed by atoms with Crippen LogP contribution in [0.2, 0.25) is 0 Å². The van der Waals surface area contributed by atoms with Crippen LogP contribution in [0.25, 0.3) is 11.1 Å². The lowest BCUT2D eigenvalue weighted by Crippen LogP contribution is -2.20. The Labute approximate surface area is 166 Å². The normalized spacial score (nSPS) is 25.1. The van der Waals surface area contributed by atoms with Gasteiger partial charge in [-0.15, -0.1) is 0 Å². The molecule has 4 aromatic carbocycles. The van der Waals surface area contributed by atoms with Gasteiger partial charge in [-0.3, -0.25) is 0 Å². The van der Waals surface area contributed by atoms with Crippen LogP contribution >= 0.6 is 7.92 Å². The minimum atomic E-state index is -0.518. The van der Waals surface area contributed by atoms with Gasteiger partial charge in [0.25, 0.3) is 0 Å². The summed E-state index contributed by atoms with van der Waals surface area (Å²) in [4.78, 5) is 0. The van der Waals surface area contributed by atoms with E-state index in [9.17, 15) is 0 Å². The van der Waals surface area contributed by atoms with Gasteiger partial charge in [-0.05, 0) is 69.4 Å². The topological polar surface area (TPSA) is 0 Å². The fourth-order valence-corrected chi connectivity index (χ4v) is 7.63. The van der Waals surface area contributed by atoms with E-state index >= 15 is 0 Å². The van der Waals surface area contributed by atoms with Gasteiger partial charge in [0.15, 0.2) is 0 Å². The van der Waals surface area contributed by atoms with Crippen LogP contribution in [0.1, 0.15) is 34.4 Å². The maximum atomic E-state index is 2.40. The van der Waals surface area contributed by atoms with E-state index in [4.69, 9.17) is 0 Å². The number of benzene rings is 4. The van der Waals surface area contributed by atoms with E-state index in [1.807, 2.05) is 0 Å². The second-order valence-corrected chi connectivity index (χ2v) is 10.5. The number of rotatable bonds is 0. The van der Waals surface area contributed by atoms with Gasteiger partial charge in [0.2, 0.25) is 0 Å². The first-order chi connectivity index (χ1) is 13.9. The van der Waals surface area contributed by atoms with Crippen LogP contribution in [0, 0.1) is 0 Å². The fourth-order valence-electron chi connectivity index (χ4n) is 5.39. The van der Waals surface area contributed by atoms with Crippen molar-refractivity contribution in [3.63, 3.8) is 0 Å². The maximum Gasteiger partial charge on any atom is -0.00120 e. The first-order valence-electron chi connectivity index (χ1n) is 10.1. The van der Waals surface area contributed by atoms with E-state index in [2.05, 4.69) is 97.1 Å². The molecule has 1 heteroatoms. The average Bonchev–Trinajstić information content (AvgIpc) is 3.51. The van der Waals surface area contributed by atoms with Crippen molar-refractivity contribution in [3.05, 3.63) is 114 Å². The standard InChI is InChI=1S/C27H19P/c1-3-19-4-2-17(1)18-5-11-22(12-6-18)28-23-13-7-20(8-14-23)26-25(19)27(26)21-9-15-24(28)16-10-21/h1-16,25-27H/t25?,26-,27?,28?/m1/s1. The number of hydrogen-bond donors (Lipinski definition) is 0. The molecule has 1 fully saturated rings. The highest BCUT2D eigenvalue weighted by Crippen LogP contribution is 2.66. The van der Waals surface area contributed by atoms with Crippen LogP contribution in [0.4, 0.5) is 0 Å². The third-order valence-corrected chi connectivity index (χ3v) is 9.29. The molecule has 0 radical (unpaired) electrons. The molecule has 17 rings (SSSR count). The molecule has 28 heavy (non-hydrogen) atoms. The Morgan fingerprint density at radius 2 is 0.643 bits per heavy atom. The second-order valence-electron chi connectivity index (χ2n) is 8.26. The molecular formula is C27H19P. The summed E-state index contributed by atoms with van der Waals surface area (Å²) in [5.41, 5.74) is 7.08. The van der Waals surface area contributed by atoms with Crippen molar-refractivity contribution in [3.8, 4) is 11.1 Å². The fraction of sp³-hybridized carbons (Fsp3) is 0.111. The van der Waals surface area contributed by atoms with Crippen LogP contribution in [-0.2, 0) is 0 Å². The monoisotopic (exact) mass is 374 g/mol. The zero-order valence-corrected chi connectivity index (χ0v) is 16.3. The summed E-state index contributed by atoms with van der Waals surface area (Å²) in [5, 5.41) is 4.32. The van der Waals surface area contributed by atoms with Crippen molar-refractivity contribution in [2.45, 2.75) is 17.8 Å². The summed E-state index contributed by atoms with van der Waals surface area (Å²) in [6.07, 6.45) is 0. The lowest BCUT2D eigenvalue weighted by atomic mass is 10.00. The van der Waals surface area contributed by atoms with Crippen molar-refractivity contribution in [1.82, 2.24) is 0 Å². The molecule has 1 aliphatic carbocycles. The highest BCUT2D eigenvalue weighted by Gasteiger charge is 2.52. The summed E-state index contributed by atoms with van der Waals surface area (Å²) >= 11 is 0. The van der Waals surface area contributed by atoms with Gasteiger partial charge >= 0.3 is 0 Å². The zero-order valence-electron chi connectivity index (χ0n) is 15.4. The molecule has 1 saturated carbocycles. The van der Waals surface area contributed by atoms with Gasteiger partial charge in [0.05, 0.1) is 0 Å². The average molecular weight is 374 g/mol. The Morgan fingerprint density at radius 1 is 0.357 bits per heavy atom. The van der Waals surface area contributed by atoms with E-state index in [0.29, 0.717) is 17.8 Å². The predicted octanol–water partition coefficient (Wildman–Crippen LogP) is 5.40. The van der Waals surface area contributed by atoms with Gasteiger partial charge in [-0.2, -0.15) is 0 Å². The van der Waals surface area contributed by atoms with E-state index in [0.717, 1.165) is 0 Å². The van der Waals surface area contributed by atoms with Crippen molar-refractivity contribution < 1.29 is 0 Å². The molecule has 12 heterocycles. The van der Waals surface area contributed by atoms with Crippen LogP contribution in [0.3, 0.4) is 0 Å². The third kappa shape index (κ3) is 2.05. The summed E-state index contributed by atoms with van der Waals surface area (Å²) in [6.45, 7) is 0. The molecule has 12 aliphatic heterocycles. The minimum Gasteiger partial charge on any atom is -0.0581 e. The van der Waals surface area contributed by atoms with Crippen molar-refractivity contribution >= 4 is 23.8 Å². The Kier molecular flexibility index (Phi) is 2.96. The summed E-state index contributed by atoms with van der Waals surface area (Å²) < 4.78 is 0. The third-order valence-electron chi connectivity index (χ3n) is 6.85. The van der Waals surface area contributed by atoms with Gasteiger partial charge in [-0.1, -0.05) is 97.1 Å². The molecule has 0 nitrogen and oxygen atoms in total. The maximum absolute atomic E-state index is 2.40. The smallest absolute Gasteiger partial charge is 0.00120 e. The van der Waals surface area contributed by atoms with Crippen molar-refractivity contribution in [1.29, 1.82) is 0 Å². The molecule has 0 amide bonds. The first-order valence-corrected chi connectivity index (χ1v) is 11.4. The van der Waals surface area contributed by atoms with E-state index in [-0.39, 0.29) is 0 Å². The predicted molar refractivity (Wildman–Crippen MR) is 119 cm³/mol. The van der Waals surface area contributed by atoms with Gasteiger partial charge in [-0.25, -0.2) is 0 Å². The summed E-state index contributed by atoms with van der Waals surface area (Å²) in [5.74, 6) is 1.76. The van der Waals surface area contributed by atoms with Crippen LogP contribution in [0.5, 0.6) is 0 Å². The van der Waals surface area contributed by atoms with Gasteiger partial charge < -0.3 is 0 Å². The lowest BCUT2D eigenvalue weighted by molar-refractivity contribution is 1.03. The minimum absolute atomic E-state index is 0.518. The largest absolute Gasteiger partial charge is 0.0581 e. The molecule has 0 saturated heterocycles. The van der Waals surface area contributed by atoms with E-state index in [1.54, 1.807) is 0 Å². The van der Waals surface area contributed by atoms with Crippen LogP contribution in [-0.4, -0.2) is 0 Å². The van der Waals surface area contributed by atoms with E-state index in [1.165, 1.54) is 43.7 Å². The van der Waals surface area contributed by atoms with Crippen LogP contribution in [0.15, 0.2) is 97.1 Å². The highest BCUT2D eigenvalue weighted by molar-refractivity contribution is 7.79. The highest BCUT2D eigenvalue weighted by atomic mass is 31.1. The molecule has 132 valence electrons. The summed E-state index contributed by atoms with van der Waals surface area (Å²) in [6, 6.07) is 37.8. The quantitative estimate of drug-likeness (QED) is 0.361. The van der Waals surface area contributed by atoms with Crippen molar-refractivity contribution in [2.24, 2.45) is 0 Å². The number of hydrogen-bond acceptors (Lipinski definition) is 0. The Hall–Kier alpha value is -2.69. The molecular weight excluding hydrogens is 355 g/mol. The molecule has 13 aliphatic rings. The molecule has 12 bridgehead atoms. The first kappa shape index (κ1) is 15.3. The van der Waals surface area contributed by atoms with E-state index < -0.39 is 7.92 Å². The lowest BCUT2D eigenvalue weighted by Gasteiger charge is -2.20. The Balaban J connectivity index is 1.60. The van der Waals surface area contributed by atoms with Crippen LogP contribution < -0.4 is 15.9 Å².